The number of carbonyl (C=O) groups is 1. The van der Waals surface area contributed by atoms with Crippen molar-refractivity contribution in [2.24, 2.45) is 11.7 Å². The Hall–Kier alpha value is -1.35. The van der Waals surface area contributed by atoms with Crippen LogP contribution in [0, 0.1) is 5.92 Å². The molecule has 3 nitrogen and oxygen atoms in total. The number of rotatable bonds is 5. The molecular formula is C15H23NO2. The standard InChI is InChI=1S/C15H23NO2/c1-3-5-6-12(4-2)11-18-15(17)13-7-9-14(16)10-8-13/h3-6,13-14H,2,7-11,16H2,1H3/b5-3-,12-6+. The van der Waals surface area contributed by atoms with Crippen molar-refractivity contribution in [3.63, 3.8) is 0 Å². The largest absolute Gasteiger partial charge is 0.461 e. The highest BCUT2D eigenvalue weighted by Crippen LogP contribution is 2.24. The van der Waals surface area contributed by atoms with Crippen molar-refractivity contribution < 1.29 is 9.53 Å². The molecule has 3 heteroatoms. The lowest BCUT2D eigenvalue weighted by Gasteiger charge is -2.24. The molecule has 0 aromatic rings. The van der Waals surface area contributed by atoms with Gasteiger partial charge in [-0.15, -0.1) is 0 Å². The zero-order valence-electron chi connectivity index (χ0n) is 11.1. The Bertz CT molecular complexity index is 336. The number of nitrogens with two attached hydrogens (primary N) is 1. The molecule has 18 heavy (non-hydrogen) atoms. The molecule has 1 saturated carbocycles. The number of allylic oxidation sites excluding steroid dienone is 3. The molecule has 1 aliphatic carbocycles. The van der Waals surface area contributed by atoms with Gasteiger partial charge in [0.15, 0.2) is 0 Å². The molecule has 0 radical (unpaired) electrons. The number of ether oxygens (including phenoxy) is 1. The zero-order chi connectivity index (χ0) is 13.4. The van der Waals surface area contributed by atoms with Crippen LogP contribution in [0.3, 0.4) is 0 Å². The third kappa shape index (κ3) is 4.88. The molecule has 0 saturated heterocycles. The summed E-state index contributed by atoms with van der Waals surface area (Å²) in [5.41, 5.74) is 6.72. The Kier molecular flexibility index (Phi) is 6.44. The van der Waals surface area contributed by atoms with Crippen LogP contribution in [0.4, 0.5) is 0 Å². The summed E-state index contributed by atoms with van der Waals surface area (Å²) >= 11 is 0. The summed E-state index contributed by atoms with van der Waals surface area (Å²) in [5.74, 6) is -0.0762. The Balaban J connectivity index is 2.38. The van der Waals surface area contributed by atoms with Gasteiger partial charge in [-0.2, -0.15) is 0 Å². The first-order valence-corrected chi connectivity index (χ1v) is 6.54. The molecule has 100 valence electrons. The SMILES string of the molecule is C=C/C(=C\C=C/C)COC(=O)C1CCC(N)CC1. The minimum Gasteiger partial charge on any atom is -0.461 e. The molecule has 0 bridgehead atoms. The van der Waals surface area contributed by atoms with Crippen LogP contribution in [0.25, 0.3) is 0 Å². The average molecular weight is 249 g/mol. The fourth-order valence-corrected chi connectivity index (χ4v) is 2.02. The van der Waals surface area contributed by atoms with Gasteiger partial charge in [0.1, 0.15) is 6.61 Å². The zero-order valence-corrected chi connectivity index (χ0v) is 11.1. The molecule has 0 amide bonds. The predicted molar refractivity (Wildman–Crippen MR) is 74.0 cm³/mol. The van der Waals surface area contributed by atoms with Gasteiger partial charge in [-0.3, -0.25) is 4.79 Å². The van der Waals surface area contributed by atoms with Gasteiger partial charge >= 0.3 is 5.97 Å². The van der Waals surface area contributed by atoms with E-state index in [0.29, 0.717) is 6.61 Å². The summed E-state index contributed by atoms with van der Waals surface area (Å²) in [7, 11) is 0. The smallest absolute Gasteiger partial charge is 0.309 e. The Morgan fingerprint density at radius 3 is 2.61 bits per heavy atom. The monoisotopic (exact) mass is 249 g/mol. The maximum absolute atomic E-state index is 11.9. The normalized spacial score (nSPS) is 25.1. The minimum atomic E-state index is -0.102. The molecule has 0 spiro atoms. The molecule has 0 aliphatic heterocycles. The van der Waals surface area contributed by atoms with E-state index < -0.39 is 0 Å². The van der Waals surface area contributed by atoms with Gasteiger partial charge < -0.3 is 10.5 Å². The van der Waals surface area contributed by atoms with Crippen molar-refractivity contribution >= 4 is 5.97 Å². The molecule has 1 aliphatic rings. The van der Waals surface area contributed by atoms with Crippen LogP contribution in [0.15, 0.2) is 36.5 Å². The first kappa shape index (κ1) is 14.7. The summed E-state index contributed by atoms with van der Waals surface area (Å²) in [6.45, 7) is 5.94. The van der Waals surface area contributed by atoms with Gasteiger partial charge in [0.2, 0.25) is 0 Å². The predicted octanol–water partition coefficient (Wildman–Crippen LogP) is 2.74. The highest BCUT2D eigenvalue weighted by Gasteiger charge is 2.25. The maximum atomic E-state index is 11.9. The highest BCUT2D eigenvalue weighted by atomic mass is 16.5. The van der Waals surface area contributed by atoms with Crippen molar-refractivity contribution in [3.05, 3.63) is 36.5 Å². The van der Waals surface area contributed by atoms with Crippen molar-refractivity contribution in [1.29, 1.82) is 0 Å². The van der Waals surface area contributed by atoms with Gasteiger partial charge in [-0.05, 0) is 38.2 Å². The van der Waals surface area contributed by atoms with Crippen LogP contribution in [-0.2, 0) is 9.53 Å². The number of esters is 1. The van der Waals surface area contributed by atoms with Crippen LogP contribution in [0.2, 0.25) is 0 Å². The van der Waals surface area contributed by atoms with Gasteiger partial charge in [0.25, 0.3) is 0 Å². The van der Waals surface area contributed by atoms with E-state index in [1.54, 1.807) is 6.08 Å². The van der Waals surface area contributed by atoms with Crippen molar-refractivity contribution in [2.45, 2.75) is 38.6 Å². The highest BCUT2D eigenvalue weighted by molar-refractivity contribution is 5.72. The van der Waals surface area contributed by atoms with Crippen LogP contribution in [-0.4, -0.2) is 18.6 Å². The van der Waals surface area contributed by atoms with E-state index in [1.807, 2.05) is 25.2 Å². The molecule has 2 N–H and O–H groups in total. The van der Waals surface area contributed by atoms with E-state index in [0.717, 1.165) is 31.3 Å². The number of hydrogen-bond donors (Lipinski definition) is 1. The van der Waals surface area contributed by atoms with Crippen LogP contribution in [0.1, 0.15) is 32.6 Å². The summed E-state index contributed by atoms with van der Waals surface area (Å²) in [6, 6.07) is 0.257. The molecule has 1 rings (SSSR count). The second-order valence-corrected chi connectivity index (χ2v) is 4.69. The van der Waals surface area contributed by atoms with E-state index >= 15 is 0 Å². The van der Waals surface area contributed by atoms with Gasteiger partial charge in [-0.1, -0.05) is 30.9 Å². The molecule has 1 fully saturated rings. The van der Waals surface area contributed by atoms with Crippen LogP contribution >= 0.6 is 0 Å². The van der Waals surface area contributed by atoms with Crippen molar-refractivity contribution in [3.8, 4) is 0 Å². The third-order valence-corrected chi connectivity index (χ3v) is 3.25. The molecule has 0 atom stereocenters. The maximum Gasteiger partial charge on any atom is 0.309 e. The van der Waals surface area contributed by atoms with E-state index in [-0.39, 0.29) is 17.9 Å². The molecule has 0 unspecified atom stereocenters. The Morgan fingerprint density at radius 2 is 2.06 bits per heavy atom. The lowest BCUT2D eigenvalue weighted by Crippen LogP contribution is -2.30. The molecule has 0 heterocycles. The Labute approximate surface area is 109 Å². The topological polar surface area (TPSA) is 52.3 Å². The molecular weight excluding hydrogens is 226 g/mol. The van der Waals surface area contributed by atoms with Gasteiger partial charge in [0, 0.05) is 6.04 Å². The average Bonchev–Trinajstić information content (AvgIpc) is 2.39. The lowest BCUT2D eigenvalue weighted by atomic mass is 9.86. The quantitative estimate of drug-likeness (QED) is 0.602. The summed E-state index contributed by atoms with van der Waals surface area (Å²) < 4.78 is 5.31. The van der Waals surface area contributed by atoms with Gasteiger partial charge in [-0.25, -0.2) is 0 Å². The van der Waals surface area contributed by atoms with Gasteiger partial charge in [0.05, 0.1) is 5.92 Å². The summed E-state index contributed by atoms with van der Waals surface area (Å²) in [5, 5.41) is 0. The minimum absolute atomic E-state index is 0.0255. The lowest BCUT2D eigenvalue weighted by molar-refractivity contribution is -0.148. The second-order valence-electron chi connectivity index (χ2n) is 4.69. The van der Waals surface area contributed by atoms with E-state index in [2.05, 4.69) is 6.58 Å². The summed E-state index contributed by atoms with van der Waals surface area (Å²) in [6.07, 6.45) is 11.0. The number of carbonyl (C=O) groups excluding carboxylic acids is 1. The number of hydrogen-bond acceptors (Lipinski definition) is 3. The molecule has 0 aromatic heterocycles. The molecule has 0 aromatic carbocycles. The summed E-state index contributed by atoms with van der Waals surface area (Å²) in [4.78, 5) is 11.9. The van der Waals surface area contributed by atoms with E-state index in [4.69, 9.17) is 10.5 Å². The fraction of sp³-hybridized carbons (Fsp3) is 0.533. The Morgan fingerprint density at radius 1 is 1.39 bits per heavy atom. The van der Waals surface area contributed by atoms with Crippen LogP contribution < -0.4 is 5.73 Å². The van der Waals surface area contributed by atoms with E-state index in [9.17, 15) is 4.79 Å². The first-order valence-electron chi connectivity index (χ1n) is 6.54. The van der Waals surface area contributed by atoms with E-state index in [1.165, 1.54) is 0 Å². The fourth-order valence-electron chi connectivity index (χ4n) is 2.02. The van der Waals surface area contributed by atoms with Crippen molar-refractivity contribution in [1.82, 2.24) is 0 Å². The third-order valence-electron chi connectivity index (χ3n) is 3.25. The first-order chi connectivity index (χ1) is 8.67. The van der Waals surface area contributed by atoms with Crippen molar-refractivity contribution in [2.75, 3.05) is 6.61 Å². The van der Waals surface area contributed by atoms with Crippen LogP contribution in [0.5, 0.6) is 0 Å². The second kappa shape index (κ2) is 7.88.